The zero-order valence-electron chi connectivity index (χ0n) is 10.8. The lowest BCUT2D eigenvalue weighted by molar-refractivity contribution is 0.240. The molecule has 2 nitrogen and oxygen atoms in total. The molecule has 0 heterocycles. The van der Waals surface area contributed by atoms with Crippen LogP contribution in [0.1, 0.15) is 39.5 Å². The summed E-state index contributed by atoms with van der Waals surface area (Å²) in [5.74, 6) is 0. The third-order valence-corrected chi connectivity index (χ3v) is 2.90. The van der Waals surface area contributed by atoms with Gasteiger partial charge in [0.05, 0.1) is 0 Å². The van der Waals surface area contributed by atoms with Gasteiger partial charge in [0.1, 0.15) is 0 Å². The molecule has 0 rings (SSSR count). The van der Waals surface area contributed by atoms with Gasteiger partial charge in [-0.15, -0.1) is 6.58 Å². The van der Waals surface area contributed by atoms with E-state index in [1.807, 2.05) is 6.08 Å². The van der Waals surface area contributed by atoms with Crippen LogP contribution >= 0.6 is 0 Å². The van der Waals surface area contributed by atoms with E-state index >= 15 is 0 Å². The van der Waals surface area contributed by atoms with Crippen molar-refractivity contribution in [2.75, 3.05) is 26.7 Å². The maximum atomic E-state index is 3.75. The topological polar surface area (TPSA) is 15.3 Å². The van der Waals surface area contributed by atoms with Gasteiger partial charge in [-0.2, -0.15) is 0 Å². The molecule has 0 aliphatic heterocycles. The first kappa shape index (κ1) is 14.7. The molecule has 0 spiro atoms. The number of allylic oxidation sites excluding steroid dienone is 1. The molecular weight excluding hydrogens is 184 g/mol. The molecule has 1 atom stereocenters. The summed E-state index contributed by atoms with van der Waals surface area (Å²) in [5.41, 5.74) is 0. The molecule has 0 aromatic carbocycles. The summed E-state index contributed by atoms with van der Waals surface area (Å²) < 4.78 is 0. The highest BCUT2D eigenvalue weighted by Gasteiger charge is 2.07. The first-order valence-corrected chi connectivity index (χ1v) is 6.24. The van der Waals surface area contributed by atoms with Gasteiger partial charge in [0.2, 0.25) is 0 Å². The van der Waals surface area contributed by atoms with E-state index < -0.39 is 0 Å². The third kappa shape index (κ3) is 8.64. The monoisotopic (exact) mass is 212 g/mol. The molecule has 0 bridgehead atoms. The van der Waals surface area contributed by atoms with Crippen LogP contribution in [0.25, 0.3) is 0 Å². The summed E-state index contributed by atoms with van der Waals surface area (Å²) in [6, 6.07) is 0.702. The fourth-order valence-electron chi connectivity index (χ4n) is 1.63. The second-order valence-corrected chi connectivity index (χ2v) is 4.26. The third-order valence-electron chi connectivity index (χ3n) is 2.90. The lowest BCUT2D eigenvalue weighted by Crippen LogP contribution is -2.30. The first-order chi connectivity index (χ1) is 7.22. The molecule has 0 saturated heterocycles. The summed E-state index contributed by atoms with van der Waals surface area (Å²) in [6.45, 7) is 11.7. The first-order valence-electron chi connectivity index (χ1n) is 6.24. The summed E-state index contributed by atoms with van der Waals surface area (Å²) in [4.78, 5) is 2.45. The Labute approximate surface area is 95.7 Å². The van der Waals surface area contributed by atoms with Crippen molar-refractivity contribution in [3.63, 3.8) is 0 Å². The van der Waals surface area contributed by atoms with E-state index in [0.717, 1.165) is 19.5 Å². The largest absolute Gasteiger partial charge is 0.317 e. The molecule has 0 fully saturated rings. The molecule has 0 saturated carbocycles. The average molecular weight is 212 g/mol. The van der Waals surface area contributed by atoms with Crippen molar-refractivity contribution in [3.8, 4) is 0 Å². The Morgan fingerprint density at radius 2 is 2.13 bits per heavy atom. The predicted molar refractivity (Wildman–Crippen MR) is 69.3 cm³/mol. The Bertz CT molecular complexity index is 145. The Hall–Kier alpha value is -0.340. The normalized spacial score (nSPS) is 13.1. The van der Waals surface area contributed by atoms with Gasteiger partial charge in [-0.3, -0.25) is 0 Å². The molecule has 1 N–H and O–H groups in total. The van der Waals surface area contributed by atoms with Crippen LogP contribution in [0, 0.1) is 0 Å². The van der Waals surface area contributed by atoms with Crippen LogP contribution in [0.2, 0.25) is 0 Å². The minimum Gasteiger partial charge on any atom is -0.317 e. The quantitative estimate of drug-likeness (QED) is 0.442. The van der Waals surface area contributed by atoms with Crippen molar-refractivity contribution in [1.29, 1.82) is 0 Å². The van der Waals surface area contributed by atoms with Gasteiger partial charge in [0.15, 0.2) is 0 Å². The number of hydrogen-bond donors (Lipinski definition) is 1. The standard InChI is InChI=1S/C13H28N2/c1-5-7-8-12-15(4)13(3)10-9-11-14-6-2/h5,13-14H,1,6-12H2,2-4H3. The second kappa shape index (κ2) is 10.2. The lowest BCUT2D eigenvalue weighted by Gasteiger charge is -2.24. The highest BCUT2D eigenvalue weighted by molar-refractivity contribution is 4.69. The molecule has 15 heavy (non-hydrogen) atoms. The Morgan fingerprint density at radius 1 is 1.40 bits per heavy atom. The zero-order valence-corrected chi connectivity index (χ0v) is 10.8. The molecule has 0 aliphatic carbocycles. The fourth-order valence-corrected chi connectivity index (χ4v) is 1.63. The van der Waals surface area contributed by atoms with Gasteiger partial charge in [-0.05, 0) is 59.3 Å². The van der Waals surface area contributed by atoms with E-state index in [-0.39, 0.29) is 0 Å². The van der Waals surface area contributed by atoms with Gasteiger partial charge in [0, 0.05) is 6.04 Å². The van der Waals surface area contributed by atoms with E-state index in [0.29, 0.717) is 6.04 Å². The molecule has 2 heteroatoms. The minimum absolute atomic E-state index is 0.702. The minimum atomic E-state index is 0.702. The molecule has 0 amide bonds. The van der Waals surface area contributed by atoms with E-state index in [9.17, 15) is 0 Å². The molecule has 0 radical (unpaired) electrons. The predicted octanol–water partition coefficient (Wildman–Crippen LogP) is 2.66. The lowest BCUT2D eigenvalue weighted by atomic mass is 10.1. The van der Waals surface area contributed by atoms with Gasteiger partial charge in [-0.1, -0.05) is 13.0 Å². The van der Waals surface area contributed by atoms with Gasteiger partial charge >= 0.3 is 0 Å². The maximum absolute atomic E-state index is 3.75. The summed E-state index contributed by atoms with van der Waals surface area (Å²) in [7, 11) is 2.22. The average Bonchev–Trinajstić information content (AvgIpc) is 2.24. The van der Waals surface area contributed by atoms with Crippen LogP contribution in [0.5, 0.6) is 0 Å². The van der Waals surface area contributed by atoms with Gasteiger partial charge in [-0.25, -0.2) is 0 Å². The van der Waals surface area contributed by atoms with Crippen molar-refractivity contribution >= 4 is 0 Å². The number of nitrogens with one attached hydrogen (secondary N) is 1. The summed E-state index contributed by atoms with van der Waals surface area (Å²) >= 11 is 0. The van der Waals surface area contributed by atoms with Crippen molar-refractivity contribution in [1.82, 2.24) is 10.2 Å². The fraction of sp³-hybridized carbons (Fsp3) is 0.846. The highest BCUT2D eigenvalue weighted by Crippen LogP contribution is 2.05. The molecule has 1 unspecified atom stereocenters. The van der Waals surface area contributed by atoms with Crippen LogP contribution in [-0.4, -0.2) is 37.6 Å². The molecular formula is C13H28N2. The Kier molecular flexibility index (Phi) is 9.96. The van der Waals surface area contributed by atoms with Crippen LogP contribution in [0.3, 0.4) is 0 Å². The second-order valence-electron chi connectivity index (χ2n) is 4.26. The van der Waals surface area contributed by atoms with Crippen LogP contribution < -0.4 is 5.32 Å². The van der Waals surface area contributed by atoms with Crippen LogP contribution in [0.4, 0.5) is 0 Å². The molecule has 0 aromatic heterocycles. The van der Waals surface area contributed by atoms with Crippen molar-refractivity contribution < 1.29 is 0 Å². The van der Waals surface area contributed by atoms with E-state index in [1.54, 1.807) is 0 Å². The van der Waals surface area contributed by atoms with Gasteiger partial charge < -0.3 is 10.2 Å². The van der Waals surface area contributed by atoms with Crippen LogP contribution in [0.15, 0.2) is 12.7 Å². The molecule has 90 valence electrons. The maximum Gasteiger partial charge on any atom is 0.00643 e. The van der Waals surface area contributed by atoms with E-state index in [1.165, 1.54) is 25.8 Å². The Balaban J connectivity index is 3.41. The molecule has 0 aromatic rings. The SMILES string of the molecule is C=CCCCN(C)C(C)CCCNCC. The smallest absolute Gasteiger partial charge is 0.00643 e. The van der Waals surface area contributed by atoms with Crippen LogP contribution in [-0.2, 0) is 0 Å². The summed E-state index contributed by atoms with van der Waals surface area (Å²) in [5, 5.41) is 3.36. The zero-order chi connectivity index (χ0) is 11.5. The van der Waals surface area contributed by atoms with Crippen molar-refractivity contribution in [2.24, 2.45) is 0 Å². The van der Waals surface area contributed by atoms with E-state index in [4.69, 9.17) is 0 Å². The molecule has 0 aliphatic rings. The number of unbranched alkanes of at least 4 members (excludes halogenated alkanes) is 1. The van der Waals surface area contributed by atoms with Crippen molar-refractivity contribution in [2.45, 2.75) is 45.6 Å². The Morgan fingerprint density at radius 3 is 2.73 bits per heavy atom. The van der Waals surface area contributed by atoms with E-state index in [2.05, 4.69) is 37.7 Å². The number of rotatable bonds is 10. The summed E-state index contributed by atoms with van der Waals surface area (Å²) in [6.07, 6.45) is 6.94. The van der Waals surface area contributed by atoms with Gasteiger partial charge in [0.25, 0.3) is 0 Å². The number of nitrogens with zero attached hydrogens (tertiary/aromatic N) is 1. The highest BCUT2D eigenvalue weighted by atomic mass is 15.1. The number of hydrogen-bond acceptors (Lipinski definition) is 2. The van der Waals surface area contributed by atoms with Crippen molar-refractivity contribution in [3.05, 3.63) is 12.7 Å².